The monoisotopic (exact) mass is 336 g/mol. The number of halogens is 1. The van der Waals surface area contributed by atoms with Gasteiger partial charge in [-0.3, -0.25) is 4.79 Å². The molecule has 0 saturated heterocycles. The second-order valence-electron chi connectivity index (χ2n) is 6.37. The van der Waals surface area contributed by atoms with Gasteiger partial charge in [-0.25, -0.2) is 0 Å². The van der Waals surface area contributed by atoms with Crippen molar-refractivity contribution in [3.8, 4) is 0 Å². The Morgan fingerprint density at radius 2 is 1.96 bits per heavy atom. The summed E-state index contributed by atoms with van der Waals surface area (Å²) in [7, 11) is 0. The lowest BCUT2D eigenvalue weighted by atomic mass is 9.83. The van der Waals surface area contributed by atoms with E-state index in [1.165, 1.54) is 11.1 Å². The number of carbonyl (C=O) groups excluding carboxylic acids is 1. The van der Waals surface area contributed by atoms with Gasteiger partial charge >= 0.3 is 0 Å². The lowest BCUT2D eigenvalue weighted by Gasteiger charge is -2.35. The van der Waals surface area contributed by atoms with E-state index >= 15 is 0 Å². The van der Waals surface area contributed by atoms with Crippen LogP contribution < -0.4 is 5.73 Å². The summed E-state index contributed by atoms with van der Waals surface area (Å²) < 4.78 is 0. The number of hydrogen-bond acceptors (Lipinski definition) is 3. The molecule has 1 aromatic carbocycles. The minimum Gasteiger partial charge on any atom is -0.391 e. The maximum atomic E-state index is 12.6. The van der Waals surface area contributed by atoms with Crippen molar-refractivity contribution in [1.29, 1.82) is 0 Å². The number of amides is 1. The summed E-state index contributed by atoms with van der Waals surface area (Å²) in [6.45, 7) is 1.43. The normalized spacial score (nSPS) is 27.8. The van der Waals surface area contributed by atoms with Crippen LogP contribution in [0.3, 0.4) is 0 Å². The Labute approximate surface area is 143 Å². The number of aliphatic hydroxyl groups excluding tert-OH is 1. The van der Waals surface area contributed by atoms with Crippen LogP contribution in [0.15, 0.2) is 36.4 Å². The van der Waals surface area contributed by atoms with Crippen LogP contribution >= 0.6 is 12.4 Å². The molecule has 0 radical (unpaired) electrons. The third-order valence-corrected chi connectivity index (χ3v) is 4.88. The molecule has 0 unspecified atom stereocenters. The Kier molecular flexibility index (Phi) is 6.22. The molecule has 0 spiro atoms. The Morgan fingerprint density at radius 1 is 1.22 bits per heavy atom. The first-order valence-electron chi connectivity index (χ1n) is 8.12. The van der Waals surface area contributed by atoms with Crippen molar-refractivity contribution in [2.24, 2.45) is 11.7 Å². The maximum Gasteiger partial charge on any atom is 0.226 e. The fourth-order valence-corrected chi connectivity index (χ4v) is 3.44. The zero-order valence-electron chi connectivity index (χ0n) is 13.2. The fraction of sp³-hybridized carbons (Fsp3) is 0.500. The van der Waals surface area contributed by atoms with Crippen molar-refractivity contribution in [1.82, 2.24) is 4.90 Å². The van der Waals surface area contributed by atoms with Crippen LogP contribution in [-0.4, -0.2) is 41.1 Å². The molecule has 3 atom stereocenters. The first kappa shape index (κ1) is 18.0. The number of hydrogen-bond donors (Lipinski definition) is 2. The van der Waals surface area contributed by atoms with Gasteiger partial charge in [-0.1, -0.05) is 36.4 Å². The Balaban J connectivity index is 0.00000192. The van der Waals surface area contributed by atoms with Gasteiger partial charge in [0.25, 0.3) is 0 Å². The molecule has 23 heavy (non-hydrogen) atoms. The number of nitrogens with two attached hydrogens (primary N) is 1. The molecule has 1 saturated carbocycles. The Hall–Kier alpha value is -1.36. The molecule has 126 valence electrons. The van der Waals surface area contributed by atoms with E-state index in [9.17, 15) is 9.90 Å². The second-order valence-corrected chi connectivity index (χ2v) is 6.37. The highest BCUT2D eigenvalue weighted by Crippen LogP contribution is 2.28. The molecular weight excluding hydrogens is 312 g/mol. The van der Waals surface area contributed by atoms with Gasteiger partial charge in [-0.2, -0.15) is 0 Å². The largest absolute Gasteiger partial charge is 0.391 e. The molecule has 0 aromatic heterocycles. The minimum absolute atomic E-state index is 0. The minimum atomic E-state index is -0.539. The van der Waals surface area contributed by atoms with Crippen LogP contribution in [-0.2, 0) is 4.79 Å². The van der Waals surface area contributed by atoms with Crippen molar-refractivity contribution in [2.75, 3.05) is 13.1 Å². The molecule has 1 aromatic rings. The smallest absolute Gasteiger partial charge is 0.226 e. The SMILES string of the molecule is Cl.N[C@@H]1CC[C@H](C(=O)N2CC=C(c3ccccc3)CC2)C[C@H]1O. The van der Waals surface area contributed by atoms with E-state index in [2.05, 4.69) is 18.2 Å². The van der Waals surface area contributed by atoms with E-state index < -0.39 is 6.10 Å². The molecule has 3 N–H and O–H groups in total. The summed E-state index contributed by atoms with van der Waals surface area (Å²) >= 11 is 0. The molecule has 1 aliphatic carbocycles. The van der Waals surface area contributed by atoms with Crippen molar-refractivity contribution in [3.05, 3.63) is 42.0 Å². The van der Waals surface area contributed by atoms with Crippen LogP contribution in [0, 0.1) is 5.92 Å². The van der Waals surface area contributed by atoms with Crippen LogP contribution in [0.4, 0.5) is 0 Å². The van der Waals surface area contributed by atoms with E-state index in [0.717, 1.165) is 25.8 Å². The van der Waals surface area contributed by atoms with Gasteiger partial charge in [0.05, 0.1) is 6.10 Å². The third-order valence-electron chi connectivity index (χ3n) is 4.88. The number of benzene rings is 1. The quantitative estimate of drug-likeness (QED) is 0.870. The van der Waals surface area contributed by atoms with Gasteiger partial charge in [0.1, 0.15) is 0 Å². The van der Waals surface area contributed by atoms with E-state index in [4.69, 9.17) is 5.73 Å². The van der Waals surface area contributed by atoms with Gasteiger partial charge in [0.2, 0.25) is 5.91 Å². The molecule has 4 nitrogen and oxygen atoms in total. The van der Waals surface area contributed by atoms with Crippen molar-refractivity contribution < 1.29 is 9.90 Å². The zero-order valence-corrected chi connectivity index (χ0v) is 14.0. The lowest BCUT2D eigenvalue weighted by Crippen LogP contribution is -2.46. The van der Waals surface area contributed by atoms with E-state index in [0.29, 0.717) is 13.0 Å². The Morgan fingerprint density at radius 3 is 2.57 bits per heavy atom. The summed E-state index contributed by atoms with van der Waals surface area (Å²) in [5, 5.41) is 9.88. The van der Waals surface area contributed by atoms with Gasteiger partial charge in [0, 0.05) is 25.0 Å². The van der Waals surface area contributed by atoms with E-state index in [-0.39, 0.29) is 30.3 Å². The second kappa shape index (κ2) is 7.95. The Bertz CT molecular complexity index is 561. The maximum absolute atomic E-state index is 12.6. The van der Waals surface area contributed by atoms with Crippen LogP contribution in [0.1, 0.15) is 31.2 Å². The van der Waals surface area contributed by atoms with Crippen molar-refractivity contribution in [2.45, 2.75) is 37.8 Å². The summed E-state index contributed by atoms with van der Waals surface area (Å²) in [5.74, 6) is 0.107. The standard InChI is InChI=1S/C18H24N2O2.ClH/c19-16-7-6-15(12-17(16)21)18(22)20-10-8-14(9-11-20)13-4-2-1-3-5-13;/h1-5,8,15-17,21H,6-7,9-12,19H2;1H/t15-,16+,17+;/m0./s1. The predicted octanol–water partition coefficient (Wildman–Crippen LogP) is 2.21. The van der Waals surface area contributed by atoms with Crippen LogP contribution in [0.25, 0.3) is 5.57 Å². The van der Waals surface area contributed by atoms with Crippen LogP contribution in [0.5, 0.6) is 0 Å². The molecule has 3 rings (SSSR count). The first-order valence-corrected chi connectivity index (χ1v) is 8.12. The summed E-state index contributed by atoms with van der Waals surface area (Å²) in [6.07, 6.45) is 4.54. The topological polar surface area (TPSA) is 66.6 Å². The number of carbonyl (C=O) groups is 1. The average molecular weight is 337 g/mol. The van der Waals surface area contributed by atoms with Gasteiger partial charge < -0.3 is 15.7 Å². The highest BCUT2D eigenvalue weighted by molar-refractivity contribution is 5.85. The number of nitrogens with zero attached hydrogens (tertiary/aromatic N) is 1. The van der Waals surface area contributed by atoms with Crippen molar-refractivity contribution in [3.63, 3.8) is 0 Å². The van der Waals surface area contributed by atoms with Gasteiger partial charge in [-0.05, 0) is 36.8 Å². The summed E-state index contributed by atoms with van der Waals surface area (Å²) in [5.41, 5.74) is 8.38. The van der Waals surface area contributed by atoms with Gasteiger partial charge in [-0.15, -0.1) is 12.4 Å². The van der Waals surface area contributed by atoms with Crippen LogP contribution in [0.2, 0.25) is 0 Å². The third kappa shape index (κ3) is 4.14. The zero-order chi connectivity index (χ0) is 15.5. The molecular formula is C18H25ClN2O2. The fourth-order valence-electron chi connectivity index (χ4n) is 3.44. The van der Waals surface area contributed by atoms with Crippen molar-refractivity contribution >= 4 is 23.9 Å². The van der Waals surface area contributed by atoms with E-state index in [1.807, 2.05) is 23.1 Å². The summed E-state index contributed by atoms with van der Waals surface area (Å²) in [4.78, 5) is 14.5. The molecule has 1 heterocycles. The molecule has 1 aliphatic heterocycles. The number of aliphatic hydroxyl groups is 1. The lowest BCUT2D eigenvalue weighted by molar-refractivity contribution is -0.137. The first-order chi connectivity index (χ1) is 10.6. The predicted molar refractivity (Wildman–Crippen MR) is 94.2 cm³/mol. The average Bonchev–Trinajstić information content (AvgIpc) is 2.58. The molecule has 0 bridgehead atoms. The molecule has 5 heteroatoms. The summed E-state index contributed by atoms with van der Waals surface area (Å²) in [6, 6.07) is 10.2. The number of rotatable bonds is 2. The van der Waals surface area contributed by atoms with E-state index in [1.54, 1.807) is 0 Å². The highest BCUT2D eigenvalue weighted by Gasteiger charge is 2.33. The molecule has 1 amide bonds. The van der Waals surface area contributed by atoms with Gasteiger partial charge in [0.15, 0.2) is 0 Å². The molecule has 1 fully saturated rings. The highest BCUT2D eigenvalue weighted by atomic mass is 35.5. The molecule has 2 aliphatic rings.